The second kappa shape index (κ2) is 6.43. The zero-order valence-corrected chi connectivity index (χ0v) is 11.8. The first-order valence-corrected chi connectivity index (χ1v) is 6.64. The van der Waals surface area contributed by atoms with E-state index < -0.39 is 0 Å². The smallest absolute Gasteiger partial charge is 0.187 e. The van der Waals surface area contributed by atoms with Gasteiger partial charge in [0, 0.05) is 20.1 Å². The summed E-state index contributed by atoms with van der Waals surface area (Å²) in [4.78, 5) is 9.77. The van der Waals surface area contributed by atoms with Crippen LogP contribution in [-0.4, -0.2) is 17.0 Å². The average Bonchev–Trinajstić information content (AvgIpc) is 2.47. The van der Waals surface area contributed by atoms with Crippen molar-refractivity contribution in [3.05, 3.63) is 53.2 Å². The lowest BCUT2D eigenvalue weighted by atomic mass is 10.1. The number of rotatable bonds is 5. The topological polar surface area (TPSA) is 55.0 Å². The van der Waals surface area contributed by atoms with Crippen molar-refractivity contribution in [2.75, 3.05) is 11.9 Å². The van der Waals surface area contributed by atoms with Gasteiger partial charge in [-0.2, -0.15) is 0 Å². The molecule has 1 aromatic heterocycles. The molecule has 20 heavy (non-hydrogen) atoms. The molecule has 1 heterocycles. The summed E-state index contributed by atoms with van der Waals surface area (Å²) in [6, 6.07) is 7.95. The van der Waals surface area contributed by atoms with Crippen LogP contribution in [0.1, 0.15) is 23.7 Å². The van der Waals surface area contributed by atoms with E-state index in [0.29, 0.717) is 31.0 Å². The van der Waals surface area contributed by atoms with E-state index in [-0.39, 0.29) is 5.82 Å². The number of hydrogen-bond donors (Lipinski definition) is 1. The SMILES string of the molecule is CCc1ncnc(N(C)Cc2cccc(CN)c2)c1F. The molecule has 2 N–H and O–H groups in total. The second-order valence-electron chi connectivity index (χ2n) is 4.69. The van der Waals surface area contributed by atoms with Crippen LogP contribution in [0.5, 0.6) is 0 Å². The van der Waals surface area contributed by atoms with Gasteiger partial charge in [-0.1, -0.05) is 31.2 Å². The Morgan fingerprint density at radius 3 is 2.70 bits per heavy atom. The molecular formula is C15H19FN4. The van der Waals surface area contributed by atoms with E-state index in [1.165, 1.54) is 6.33 Å². The molecule has 0 saturated carbocycles. The first-order valence-electron chi connectivity index (χ1n) is 6.64. The Bertz CT molecular complexity index is 586. The van der Waals surface area contributed by atoms with Crippen molar-refractivity contribution in [3.8, 4) is 0 Å². The zero-order valence-electron chi connectivity index (χ0n) is 11.8. The molecule has 0 saturated heterocycles. The largest absolute Gasteiger partial charge is 0.353 e. The minimum absolute atomic E-state index is 0.329. The van der Waals surface area contributed by atoms with Crippen molar-refractivity contribution in [3.63, 3.8) is 0 Å². The molecule has 0 unspecified atom stereocenters. The molecule has 0 aliphatic heterocycles. The molecule has 0 bridgehead atoms. The Morgan fingerprint density at radius 2 is 2.00 bits per heavy atom. The molecule has 5 heteroatoms. The van der Waals surface area contributed by atoms with Crippen LogP contribution < -0.4 is 10.6 Å². The normalized spacial score (nSPS) is 10.6. The molecule has 2 aromatic rings. The van der Waals surface area contributed by atoms with E-state index in [1.54, 1.807) is 4.90 Å². The van der Waals surface area contributed by atoms with Gasteiger partial charge in [0.15, 0.2) is 11.6 Å². The number of benzene rings is 1. The van der Waals surface area contributed by atoms with Crippen LogP contribution in [0.25, 0.3) is 0 Å². The van der Waals surface area contributed by atoms with Crippen LogP contribution in [0.4, 0.5) is 10.2 Å². The number of aryl methyl sites for hydroxylation is 1. The predicted octanol–water partition coefficient (Wildman–Crippen LogP) is 2.27. The highest BCUT2D eigenvalue weighted by atomic mass is 19.1. The first kappa shape index (κ1) is 14.4. The highest BCUT2D eigenvalue weighted by molar-refractivity contribution is 5.41. The highest BCUT2D eigenvalue weighted by Crippen LogP contribution is 2.19. The third kappa shape index (κ3) is 3.11. The van der Waals surface area contributed by atoms with E-state index in [2.05, 4.69) is 9.97 Å². The first-order chi connectivity index (χ1) is 9.65. The molecule has 0 fully saturated rings. The van der Waals surface area contributed by atoms with Crippen molar-refractivity contribution >= 4 is 5.82 Å². The van der Waals surface area contributed by atoms with Crippen LogP contribution in [-0.2, 0) is 19.5 Å². The van der Waals surface area contributed by atoms with Gasteiger partial charge in [0.1, 0.15) is 6.33 Å². The summed E-state index contributed by atoms with van der Waals surface area (Å²) in [6.45, 7) is 2.95. The molecule has 0 aliphatic rings. The predicted molar refractivity (Wildman–Crippen MR) is 77.8 cm³/mol. The maximum atomic E-state index is 14.2. The van der Waals surface area contributed by atoms with Gasteiger partial charge in [-0.15, -0.1) is 0 Å². The van der Waals surface area contributed by atoms with Gasteiger partial charge >= 0.3 is 0 Å². The summed E-state index contributed by atoms with van der Waals surface area (Å²) < 4.78 is 14.2. The number of nitrogens with zero attached hydrogens (tertiary/aromatic N) is 3. The standard InChI is InChI=1S/C15H19FN4/c1-3-13-14(16)15(19-10-18-13)20(2)9-12-6-4-5-11(7-12)8-17/h4-7,10H,3,8-9,17H2,1-2H3. The fraction of sp³-hybridized carbons (Fsp3) is 0.333. The lowest BCUT2D eigenvalue weighted by Gasteiger charge is -2.19. The third-order valence-electron chi connectivity index (χ3n) is 3.19. The van der Waals surface area contributed by atoms with Crippen molar-refractivity contribution in [1.82, 2.24) is 9.97 Å². The number of nitrogens with two attached hydrogens (primary N) is 1. The second-order valence-corrected chi connectivity index (χ2v) is 4.69. The molecule has 0 atom stereocenters. The molecule has 0 radical (unpaired) electrons. The molecule has 4 nitrogen and oxygen atoms in total. The van der Waals surface area contributed by atoms with Gasteiger partial charge in [-0.3, -0.25) is 0 Å². The fourth-order valence-electron chi connectivity index (χ4n) is 2.11. The molecule has 0 amide bonds. The van der Waals surface area contributed by atoms with Gasteiger partial charge in [-0.25, -0.2) is 14.4 Å². The van der Waals surface area contributed by atoms with Gasteiger partial charge in [-0.05, 0) is 17.5 Å². The van der Waals surface area contributed by atoms with Gasteiger partial charge in [0.25, 0.3) is 0 Å². The van der Waals surface area contributed by atoms with Crippen LogP contribution in [0, 0.1) is 5.82 Å². The Morgan fingerprint density at radius 1 is 1.25 bits per heavy atom. The van der Waals surface area contributed by atoms with Gasteiger partial charge in [0.2, 0.25) is 0 Å². The molecule has 0 spiro atoms. The zero-order chi connectivity index (χ0) is 14.5. The van der Waals surface area contributed by atoms with E-state index in [9.17, 15) is 4.39 Å². The van der Waals surface area contributed by atoms with Gasteiger partial charge < -0.3 is 10.6 Å². The summed E-state index contributed by atoms with van der Waals surface area (Å²) in [5.41, 5.74) is 8.21. The van der Waals surface area contributed by atoms with E-state index in [1.807, 2.05) is 38.2 Å². The number of hydrogen-bond acceptors (Lipinski definition) is 4. The fourth-order valence-corrected chi connectivity index (χ4v) is 2.11. The third-order valence-corrected chi connectivity index (χ3v) is 3.19. The lowest BCUT2D eigenvalue weighted by molar-refractivity contribution is 0.588. The summed E-state index contributed by atoms with van der Waals surface area (Å²) in [6.07, 6.45) is 1.96. The van der Waals surface area contributed by atoms with Crippen LogP contribution in [0.15, 0.2) is 30.6 Å². The summed E-state index contributed by atoms with van der Waals surface area (Å²) in [7, 11) is 1.82. The Kier molecular flexibility index (Phi) is 4.63. The minimum Gasteiger partial charge on any atom is -0.353 e. The maximum absolute atomic E-state index is 14.2. The number of halogens is 1. The minimum atomic E-state index is -0.340. The number of aromatic nitrogens is 2. The van der Waals surface area contributed by atoms with Crippen molar-refractivity contribution in [2.45, 2.75) is 26.4 Å². The van der Waals surface area contributed by atoms with Crippen LogP contribution in [0.2, 0.25) is 0 Å². The van der Waals surface area contributed by atoms with Crippen molar-refractivity contribution in [2.24, 2.45) is 5.73 Å². The molecule has 2 rings (SSSR count). The lowest BCUT2D eigenvalue weighted by Crippen LogP contribution is -2.20. The highest BCUT2D eigenvalue weighted by Gasteiger charge is 2.13. The quantitative estimate of drug-likeness (QED) is 0.908. The Balaban J connectivity index is 2.21. The molecular weight excluding hydrogens is 255 g/mol. The number of anilines is 1. The van der Waals surface area contributed by atoms with Crippen molar-refractivity contribution < 1.29 is 4.39 Å². The van der Waals surface area contributed by atoms with Crippen LogP contribution in [0.3, 0.4) is 0 Å². The Labute approximate surface area is 118 Å². The van der Waals surface area contributed by atoms with Crippen molar-refractivity contribution in [1.29, 1.82) is 0 Å². The van der Waals surface area contributed by atoms with Gasteiger partial charge in [0.05, 0.1) is 5.69 Å². The Hall–Kier alpha value is -2.01. The average molecular weight is 274 g/mol. The monoisotopic (exact) mass is 274 g/mol. The van der Waals surface area contributed by atoms with E-state index >= 15 is 0 Å². The van der Waals surface area contributed by atoms with E-state index in [0.717, 1.165) is 11.1 Å². The molecule has 1 aromatic carbocycles. The summed E-state index contributed by atoms with van der Waals surface area (Å²) in [5.74, 6) is -0.0116. The maximum Gasteiger partial charge on any atom is 0.187 e. The summed E-state index contributed by atoms with van der Waals surface area (Å²) in [5, 5.41) is 0. The van der Waals surface area contributed by atoms with Crippen LogP contribution >= 0.6 is 0 Å². The summed E-state index contributed by atoms with van der Waals surface area (Å²) >= 11 is 0. The molecule has 106 valence electrons. The molecule has 0 aliphatic carbocycles. The van der Waals surface area contributed by atoms with E-state index in [4.69, 9.17) is 5.73 Å².